The number of nitrogens with zero attached hydrogens (tertiary/aromatic N) is 4. The SMILES string of the molecule is COc1ncc(-c2ccc3nccc(-c4ccc(CN(C)CCN(C)C)cc4)c3c2)cc1NS(=O)(=O)c1ccc(F)cc1F. The Morgan fingerprint density at radius 3 is 2.30 bits per heavy atom. The third-order valence-corrected chi connectivity index (χ3v) is 8.59. The molecule has 2 heterocycles. The fourth-order valence-electron chi connectivity index (χ4n) is 4.87. The van der Waals surface area contributed by atoms with Crippen molar-refractivity contribution in [1.82, 2.24) is 19.8 Å². The Morgan fingerprint density at radius 2 is 1.59 bits per heavy atom. The van der Waals surface area contributed by atoms with Gasteiger partial charge in [0.15, 0.2) is 0 Å². The van der Waals surface area contributed by atoms with E-state index >= 15 is 0 Å². The summed E-state index contributed by atoms with van der Waals surface area (Å²) in [6, 6.07) is 20.0. The molecule has 3 aromatic carbocycles. The fourth-order valence-corrected chi connectivity index (χ4v) is 5.98. The van der Waals surface area contributed by atoms with Gasteiger partial charge in [0.05, 0.1) is 12.6 Å². The lowest BCUT2D eigenvalue weighted by atomic mass is 9.97. The Labute approximate surface area is 256 Å². The topological polar surface area (TPSA) is 87.7 Å². The second kappa shape index (κ2) is 13.0. The number of anilines is 1. The molecule has 44 heavy (non-hydrogen) atoms. The number of nitrogens with one attached hydrogen (secondary N) is 1. The number of hydrogen-bond donors (Lipinski definition) is 1. The monoisotopic (exact) mass is 617 g/mol. The van der Waals surface area contributed by atoms with E-state index < -0.39 is 26.6 Å². The van der Waals surface area contributed by atoms with Gasteiger partial charge in [-0.25, -0.2) is 22.2 Å². The summed E-state index contributed by atoms with van der Waals surface area (Å²) < 4.78 is 61.3. The predicted molar refractivity (Wildman–Crippen MR) is 169 cm³/mol. The molecule has 0 aliphatic carbocycles. The van der Waals surface area contributed by atoms with Crippen LogP contribution in [0.4, 0.5) is 14.5 Å². The molecule has 0 unspecified atom stereocenters. The molecule has 0 aliphatic heterocycles. The van der Waals surface area contributed by atoms with Crippen LogP contribution in [0.1, 0.15) is 5.56 Å². The first-order valence-corrected chi connectivity index (χ1v) is 15.4. The number of fused-ring (bicyclic) bond motifs is 1. The number of rotatable bonds is 11. The Hall–Kier alpha value is -4.45. The summed E-state index contributed by atoms with van der Waals surface area (Å²) in [7, 11) is 3.18. The van der Waals surface area contributed by atoms with Gasteiger partial charge in [0.25, 0.3) is 10.0 Å². The van der Waals surface area contributed by atoms with Crippen LogP contribution in [0.25, 0.3) is 33.2 Å². The van der Waals surface area contributed by atoms with Crippen molar-refractivity contribution in [3.63, 3.8) is 0 Å². The summed E-state index contributed by atoms with van der Waals surface area (Å²) in [5.41, 5.74) is 5.41. The lowest BCUT2D eigenvalue weighted by Gasteiger charge is -2.19. The van der Waals surface area contributed by atoms with Gasteiger partial charge in [-0.2, -0.15) is 0 Å². The summed E-state index contributed by atoms with van der Waals surface area (Å²) in [4.78, 5) is 12.6. The molecule has 0 fully saturated rings. The Bertz CT molecular complexity index is 1900. The largest absolute Gasteiger partial charge is 0.480 e. The molecule has 0 amide bonds. The second-order valence-corrected chi connectivity index (χ2v) is 12.4. The second-order valence-electron chi connectivity index (χ2n) is 10.8. The number of halogens is 2. The van der Waals surface area contributed by atoms with Crippen LogP contribution in [0.15, 0.2) is 90.1 Å². The molecule has 11 heteroatoms. The van der Waals surface area contributed by atoms with Crippen molar-refractivity contribution in [2.24, 2.45) is 0 Å². The van der Waals surface area contributed by atoms with E-state index in [4.69, 9.17) is 4.74 Å². The van der Waals surface area contributed by atoms with E-state index in [0.717, 1.165) is 59.4 Å². The van der Waals surface area contributed by atoms with Gasteiger partial charge in [-0.3, -0.25) is 9.71 Å². The van der Waals surface area contributed by atoms with Crippen LogP contribution >= 0.6 is 0 Å². The minimum atomic E-state index is -4.42. The van der Waals surface area contributed by atoms with E-state index in [0.29, 0.717) is 11.6 Å². The minimum Gasteiger partial charge on any atom is -0.480 e. The van der Waals surface area contributed by atoms with Crippen molar-refractivity contribution < 1.29 is 21.9 Å². The van der Waals surface area contributed by atoms with Gasteiger partial charge < -0.3 is 14.5 Å². The normalized spacial score (nSPS) is 11.8. The zero-order valence-electron chi connectivity index (χ0n) is 24.9. The predicted octanol–water partition coefficient (Wildman–Crippen LogP) is 6.04. The van der Waals surface area contributed by atoms with E-state index in [2.05, 4.69) is 69.9 Å². The molecular formula is C33H33F2N5O3S. The van der Waals surface area contributed by atoms with Gasteiger partial charge in [-0.05, 0) is 79.8 Å². The van der Waals surface area contributed by atoms with Crippen molar-refractivity contribution in [2.75, 3.05) is 46.1 Å². The third-order valence-electron chi connectivity index (χ3n) is 7.19. The molecule has 8 nitrogen and oxygen atoms in total. The summed E-state index contributed by atoms with van der Waals surface area (Å²) in [6.07, 6.45) is 3.34. The Kier molecular flexibility index (Phi) is 9.19. The number of sulfonamides is 1. The molecule has 0 bridgehead atoms. The van der Waals surface area contributed by atoms with Crippen molar-refractivity contribution in [3.8, 4) is 28.1 Å². The average molecular weight is 618 g/mol. The van der Waals surface area contributed by atoms with Crippen molar-refractivity contribution in [2.45, 2.75) is 11.4 Å². The molecule has 0 atom stereocenters. The summed E-state index contributed by atoms with van der Waals surface area (Å²) in [6.45, 7) is 2.81. The smallest absolute Gasteiger partial charge is 0.264 e. The lowest BCUT2D eigenvalue weighted by molar-refractivity contribution is 0.276. The van der Waals surface area contributed by atoms with E-state index in [-0.39, 0.29) is 11.6 Å². The molecule has 0 aliphatic rings. The maximum Gasteiger partial charge on any atom is 0.264 e. The number of methoxy groups -OCH3 is 1. The zero-order valence-corrected chi connectivity index (χ0v) is 25.7. The molecule has 0 spiro atoms. The van der Waals surface area contributed by atoms with Crippen molar-refractivity contribution in [1.29, 1.82) is 0 Å². The van der Waals surface area contributed by atoms with Crippen LogP contribution in [-0.2, 0) is 16.6 Å². The van der Waals surface area contributed by atoms with E-state index in [9.17, 15) is 17.2 Å². The summed E-state index contributed by atoms with van der Waals surface area (Å²) in [5, 5.41) is 0.909. The first kappa shape index (κ1) is 31.0. The number of pyridine rings is 2. The van der Waals surface area contributed by atoms with Gasteiger partial charge in [0.2, 0.25) is 5.88 Å². The zero-order chi connectivity index (χ0) is 31.4. The molecule has 0 radical (unpaired) electrons. The Morgan fingerprint density at radius 1 is 0.841 bits per heavy atom. The number of aromatic nitrogens is 2. The number of hydrogen-bond acceptors (Lipinski definition) is 7. The minimum absolute atomic E-state index is 0.00422. The highest BCUT2D eigenvalue weighted by Crippen LogP contribution is 2.34. The van der Waals surface area contributed by atoms with E-state index in [1.54, 1.807) is 18.5 Å². The highest BCUT2D eigenvalue weighted by atomic mass is 32.2. The average Bonchev–Trinajstić information content (AvgIpc) is 2.99. The standard InChI is InChI=1S/C33H33F2N5O3S/c1-39(2)15-16-40(3)21-22-5-7-23(8-6-22)27-13-14-36-30-11-9-24(17-28(27)30)25-18-31(33(43-4)37-20-25)38-44(41,42)32-12-10-26(34)19-29(32)35/h5-14,17-20,38H,15-16,21H2,1-4H3. The molecule has 1 N–H and O–H groups in total. The van der Waals surface area contributed by atoms with Crippen LogP contribution in [0.2, 0.25) is 0 Å². The highest BCUT2D eigenvalue weighted by molar-refractivity contribution is 7.92. The molecular weight excluding hydrogens is 584 g/mol. The van der Waals surface area contributed by atoms with Crippen LogP contribution < -0.4 is 9.46 Å². The maximum atomic E-state index is 14.3. The molecule has 0 saturated carbocycles. The van der Waals surface area contributed by atoms with Gasteiger partial charge in [0.1, 0.15) is 22.2 Å². The van der Waals surface area contributed by atoms with Crippen LogP contribution in [0.5, 0.6) is 5.88 Å². The van der Waals surface area contributed by atoms with Crippen LogP contribution in [0, 0.1) is 11.6 Å². The highest BCUT2D eigenvalue weighted by Gasteiger charge is 2.22. The molecule has 5 aromatic rings. The van der Waals surface area contributed by atoms with Crippen molar-refractivity contribution in [3.05, 3.63) is 102 Å². The summed E-state index contributed by atoms with van der Waals surface area (Å²) >= 11 is 0. The van der Waals surface area contributed by atoms with Crippen LogP contribution in [0.3, 0.4) is 0 Å². The van der Waals surface area contributed by atoms with Gasteiger partial charge in [0, 0.05) is 49.0 Å². The third kappa shape index (κ3) is 7.02. The molecule has 0 saturated heterocycles. The van der Waals surface area contributed by atoms with Gasteiger partial charge in [-0.1, -0.05) is 30.3 Å². The van der Waals surface area contributed by atoms with Crippen LogP contribution in [-0.4, -0.2) is 69.5 Å². The lowest BCUT2D eigenvalue weighted by Crippen LogP contribution is -2.28. The summed E-state index contributed by atoms with van der Waals surface area (Å²) in [5.74, 6) is -2.10. The number of ether oxygens (including phenoxy) is 1. The fraction of sp³-hybridized carbons (Fsp3) is 0.212. The van der Waals surface area contributed by atoms with Gasteiger partial charge in [-0.15, -0.1) is 0 Å². The quantitative estimate of drug-likeness (QED) is 0.193. The molecule has 5 rings (SSSR count). The van der Waals surface area contributed by atoms with E-state index in [1.807, 2.05) is 24.3 Å². The van der Waals surface area contributed by atoms with Crippen molar-refractivity contribution >= 4 is 26.6 Å². The maximum absolute atomic E-state index is 14.3. The van der Waals surface area contributed by atoms with Gasteiger partial charge >= 0.3 is 0 Å². The van der Waals surface area contributed by atoms with E-state index in [1.165, 1.54) is 12.7 Å². The Balaban J connectivity index is 1.46. The number of benzene rings is 3. The molecule has 228 valence electrons. The number of likely N-dealkylation sites (N-methyl/N-ethyl adjacent to an activating group) is 2. The molecule has 2 aromatic heterocycles. The first-order chi connectivity index (χ1) is 21.0. The first-order valence-electron chi connectivity index (χ1n) is 13.9.